The Balaban J connectivity index is 1.68. The highest BCUT2D eigenvalue weighted by Crippen LogP contribution is 2.25. The van der Waals surface area contributed by atoms with E-state index in [-0.39, 0.29) is 29.5 Å². The lowest BCUT2D eigenvalue weighted by molar-refractivity contribution is 0.0788. The quantitative estimate of drug-likeness (QED) is 0.826. The smallest absolute Gasteiger partial charge is 0.323 e. The second-order valence-electron chi connectivity index (χ2n) is 6.94. The van der Waals surface area contributed by atoms with E-state index in [0.29, 0.717) is 0 Å². The molecule has 0 aromatic carbocycles. The van der Waals surface area contributed by atoms with Gasteiger partial charge in [0.15, 0.2) is 11.5 Å². The molecule has 3 rings (SSSR count). The third-order valence-electron chi connectivity index (χ3n) is 5.15. The Morgan fingerprint density at radius 3 is 2.60 bits per heavy atom. The number of H-pyrrole nitrogens is 1. The Kier molecular flexibility index (Phi) is 5.88. The zero-order valence-corrected chi connectivity index (χ0v) is 15.0. The first-order valence-electron chi connectivity index (χ1n) is 9.48. The molecule has 1 aromatic heterocycles. The van der Waals surface area contributed by atoms with E-state index in [1.54, 1.807) is 4.90 Å². The average Bonchev–Trinajstić information content (AvgIpc) is 3.37. The molecule has 2 aliphatic rings. The van der Waals surface area contributed by atoms with Crippen molar-refractivity contribution in [3.63, 3.8) is 0 Å². The van der Waals surface area contributed by atoms with Gasteiger partial charge in [-0.3, -0.25) is 10.1 Å². The Labute approximate surface area is 148 Å². The van der Waals surface area contributed by atoms with Crippen LogP contribution >= 0.6 is 0 Å². The normalized spacial score (nSPS) is 17.9. The fourth-order valence-electron chi connectivity index (χ4n) is 3.70. The number of unbranched alkanes of at least 4 members (excludes halogenated alkanes) is 1. The van der Waals surface area contributed by atoms with Gasteiger partial charge in [0.1, 0.15) is 0 Å². The number of likely N-dealkylation sites (tertiary alicyclic amines) is 1. The van der Waals surface area contributed by atoms with Crippen LogP contribution in [0.2, 0.25) is 0 Å². The van der Waals surface area contributed by atoms with E-state index < -0.39 is 0 Å². The first-order chi connectivity index (χ1) is 12.2. The fourth-order valence-corrected chi connectivity index (χ4v) is 3.70. The van der Waals surface area contributed by atoms with E-state index in [0.717, 1.165) is 58.2 Å². The van der Waals surface area contributed by atoms with Crippen LogP contribution < -0.4 is 5.32 Å². The molecule has 8 heteroatoms. The zero-order valence-electron chi connectivity index (χ0n) is 15.0. The Bertz CT molecular complexity index is 590. The number of nitrogens with one attached hydrogen (secondary N) is 2. The van der Waals surface area contributed by atoms with Gasteiger partial charge in [0.25, 0.3) is 5.91 Å². The minimum absolute atomic E-state index is 0.164. The molecule has 1 aliphatic heterocycles. The zero-order chi connectivity index (χ0) is 17.6. The summed E-state index contributed by atoms with van der Waals surface area (Å²) < 4.78 is 0. The third kappa shape index (κ3) is 4.11. The van der Waals surface area contributed by atoms with Crippen molar-refractivity contribution in [1.82, 2.24) is 25.2 Å². The third-order valence-corrected chi connectivity index (χ3v) is 5.15. The van der Waals surface area contributed by atoms with Gasteiger partial charge >= 0.3 is 6.03 Å². The van der Waals surface area contributed by atoms with E-state index in [9.17, 15) is 9.59 Å². The van der Waals surface area contributed by atoms with Gasteiger partial charge in [-0.1, -0.05) is 26.2 Å². The molecule has 0 spiro atoms. The minimum Gasteiger partial charge on any atom is -0.337 e. The topological polar surface area (TPSA) is 94.2 Å². The molecule has 138 valence electrons. The monoisotopic (exact) mass is 348 g/mol. The number of aromatic nitrogens is 3. The van der Waals surface area contributed by atoms with E-state index in [1.807, 2.05) is 4.90 Å². The predicted octanol–water partition coefficient (Wildman–Crippen LogP) is 2.62. The molecule has 0 unspecified atom stereocenters. The Morgan fingerprint density at radius 1 is 1.20 bits per heavy atom. The molecular weight excluding hydrogens is 320 g/mol. The predicted molar refractivity (Wildman–Crippen MR) is 94.4 cm³/mol. The van der Waals surface area contributed by atoms with Gasteiger partial charge in [-0.2, -0.15) is 5.21 Å². The maximum absolute atomic E-state index is 12.8. The highest BCUT2D eigenvalue weighted by Gasteiger charge is 2.29. The van der Waals surface area contributed by atoms with Gasteiger partial charge in [-0.25, -0.2) is 4.79 Å². The summed E-state index contributed by atoms with van der Waals surface area (Å²) in [5, 5.41) is 13.3. The number of hydrogen-bond donors (Lipinski definition) is 2. The van der Waals surface area contributed by atoms with Crippen molar-refractivity contribution in [2.24, 2.45) is 0 Å². The van der Waals surface area contributed by atoms with Crippen LogP contribution in [-0.4, -0.2) is 62.8 Å². The van der Waals surface area contributed by atoms with Crippen LogP contribution in [0.25, 0.3) is 0 Å². The van der Waals surface area contributed by atoms with Crippen LogP contribution in [0.5, 0.6) is 0 Å². The highest BCUT2D eigenvalue weighted by molar-refractivity contribution is 6.00. The van der Waals surface area contributed by atoms with Crippen LogP contribution in [0.1, 0.15) is 68.8 Å². The molecule has 0 bridgehead atoms. The first kappa shape index (κ1) is 17.7. The van der Waals surface area contributed by atoms with Gasteiger partial charge in [0.05, 0.1) is 0 Å². The van der Waals surface area contributed by atoms with E-state index >= 15 is 0 Å². The summed E-state index contributed by atoms with van der Waals surface area (Å²) >= 11 is 0. The van der Waals surface area contributed by atoms with Crippen molar-refractivity contribution in [3.8, 4) is 0 Å². The number of aromatic amines is 1. The van der Waals surface area contributed by atoms with Gasteiger partial charge in [-0.15, -0.1) is 10.2 Å². The second-order valence-corrected chi connectivity index (χ2v) is 6.94. The van der Waals surface area contributed by atoms with Gasteiger partial charge in [0.2, 0.25) is 0 Å². The number of carbonyl (C=O) groups excluding carboxylic acids is 2. The molecule has 8 nitrogen and oxygen atoms in total. The summed E-state index contributed by atoms with van der Waals surface area (Å²) in [6, 6.07) is 0.112. The fraction of sp³-hybridized carbons (Fsp3) is 0.765. The summed E-state index contributed by atoms with van der Waals surface area (Å²) in [4.78, 5) is 29.0. The SMILES string of the molecule is CCCCN(C(=O)Nc1n[nH]nc1C(=O)N1CCCC1)C1CCCC1. The van der Waals surface area contributed by atoms with Crippen molar-refractivity contribution >= 4 is 17.8 Å². The molecule has 1 saturated carbocycles. The van der Waals surface area contributed by atoms with E-state index in [4.69, 9.17) is 0 Å². The lowest BCUT2D eigenvalue weighted by atomic mass is 10.2. The second kappa shape index (κ2) is 8.31. The van der Waals surface area contributed by atoms with Crippen molar-refractivity contribution < 1.29 is 9.59 Å². The number of hydrogen-bond acceptors (Lipinski definition) is 4. The number of amides is 3. The molecule has 25 heavy (non-hydrogen) atoms. The van der Waals surface area contributed by atoms with E-state index in [2.05, 4.69) is 27.7 Å². The van der Waals surface area contributed by atoms with Crippen molar-refractivity contribution in [2.75, 3.05) is 25.0 Å². The van der Waals surface area contributed by atoms with Gasteiger partial charge in [-0.05, 0) is 32.1 Å². The minimum atomic E-state index is -0.176. The molecule has 2 fully saturated rings. The number of carbonyl (C=O) groups is 2. The maximum atomic E-state index is 12.8. The van der Waals surface area contributed by atoms with Crippen LogP contribution in [0.4, 0.5) is 10.6 Å². The Hall–Kier alpha value is -2.12. The highest BCUT2D eigenvalue weighted by atomic mass is 16.2. The lowest BCUT2D eigenvalue weighted by Gasteiger charge is -2.28. The maximum Gasteiger partial charge on any atom is 0.323 e. The molecule has 1 saturated heterocycles. The number of urea groups is 1. The molecule has 1 aromatic rings. The van der Waals surface area contributed by atoms with Crippen LogP contribution in [0.3, 0.4) is 0 Å². The largest absolute Gasteiger partial charge is 0.337 e. The van der Waals surface area contributed by atoms with Crippen LogP contribution in [0, 0.1) is 0 Å². The van der Waals surface area contributed by atoms with Crippen LogP contribution in [0.15, 0.2) is 0 Å². The molecular formula is C17H28N6O2. The molecule has 2 heterocycles. The number of rotatable bonds is 6. The first-order valence-corrected chi connectivity index (χ1v) is 9.48. The van der Waals surface area contributed by atoms with Gasteiger partial charge < -0.3 is 9.80 Å². The van der Waals surface area contributed by atoms with Crippen LogP contribution in [-0.2, 0) is 0 Å². The molecule has 3 amide bonds. The molecule has 1 aliphatic carbocycles. The molecule has 0 atom stereocenters. The summed E-state index contributed by atoms with van der Waals surface area (Å²) in [5.74, 6) is 0.0731. The standard InChI is InChI=1S/C17H28N6O2/c1-2-3-12-23(13-8-4-5-9-13)17(25)18-15-14(19-21-20-15)16(24)22-10-6-7-11-22/h13H,2-12H2,1H3,(H2,18,19,20,21,25). The van der Waals surface area contributed by atoms with E-state index in [1.165, 1.54) is 12.8 Å². The summed E-state index contributed by atoms with van der Waals surface area (Å²) in [6.45, 7) is 4.34. The van der Waals surface area contributed by atoms with Crippen molar-refractivity contribution in [3.05, 3.63) is 5.69 Å². The van der Waals surface area contributed by atoms with Crippen molar-refractivity contribution in [1.29, 1.82) is 0 Å². The molecule has 0 radical (unpaired) electrons. The number of nitrogens with zero attached hydrogens (tertiary/aromatic N) is 4. The van der Waals surface area contributed by atoms with Crippen molar-refractivity contribution in [2.45, 2.75) is 64.3 Å². The average molecular weight is 348 g/mol. The Morgan fingerprint density at radius 2 is 1.92 bits per heavy atom. The summed E-state index contributed by atoms with van der Waals surface area (Å²) in [6.07, 6.45) is 8.48. The number of anilines is 1. The summed E-state index contributed by atoms with van der Waals surface area (Å²) in [7, 11) is 0. The molecule has 2 N–H and O–H groups in total. The lowest BCUT2D eigenvalue weighted by Crippen LogP contribution is -2.42. The summed E-state index contributed by atoms with van der Waals surface area (Å²) in [5.41, 5.74) is 0.206. The van der Waals surface area contributed by atoms with Gasteiger partial charge in [0, 0.05) is 25.7 Å².